The summed E-state index contributed by atoms with van der Waals surface area (Å²) in [5.41, 5.74) is 0. The summed E-state index contributed by atoms with van der Waals surface area (Å²) < 4.78 is 0. The van der Waals surface area contributed by atoms with Gasteiger partial charge in [0.25, 0.3) is 0 Å². The van der Waals surface area contributed by atoms with E-state index >= 15 is 0 Å². The fraction of sp³-hybridized carbons (Fsp3) is 0. The molecule has 60 heavy (non-hydrogen) atoms. The molecule has 0 saturated heterocycles. The topological polar surface area (TPSA) is 0 Å². The van der Waals surface area contributed by atoms with Crippen molar-refractivity contribution in [2.75, 3.05) is 0 Å². The number of halogens is 40. The van der Waals surface area contributed by atoms with Crippen LogP contribution in [-0.2, 0) is 0 Å². The van der Waals surface area contributed by atoms with Gasteiger partial charge in [-0.3, -0.25) is 0 Å². The van der Waals surface area contributed by atoms with Crippen LogP contribution in [0.25, 0.3) is 0 Å². The molecule has 0 aromatic rings. The Balaban J connectivity index is 0. The molecule has 0 heterocycles. The van der Waals surface area contributed by atoms with Crippen LogP contribution in [0.5, 0.6) is 0 Å². The molecule has 0 aromatic heterocycles. The van der Waals surface area contributed by atoms with Gasteiger partial charge in [0.15, 0.2) is 0 Å². The summed E-state index contributed by atoms with van der Waals surface area (Å²) in [4.78, 5) is 0. The third-order valence-corrected chi connectivity index (χ3v) is 0. The van der Waals surface area contributed by atoms with Gasteiger partial charge in [-0.25, -0.2) is 0 Å². The molecule has 0 atom stereocenters. The molecular weight excluding hydrogens is 1900 g/mol. The van der Waals surface area contributed by atoms with E-state index in [9.17, 15) is 0 Å². The Hall–Kier alpha value is 26.9. The molecule has 0 nitrogen and oxygen atoms in total. The van der Waals surface area contributed by atoms with Gasteiger partial charge in [-0.05, 0) is 0 Å². The minimum atomic E-state index is 0. The molecule has 0 spiro atoms. The Morgan fingerprint density at radius 2 is 0.0333 bits per heavy atom. The first-order valence-corrected chi connectivity index (χ1v) is 0. The standard InChI is InChI=1S/40ClH.20Mg/h40*1H;;;;;;;;;;;;;;;;;;;;/q;;;;;;;;;;;;;;;;;;;;;;;;;;;;;;;;;;;;;;;;20*+2/p-40. The summed E-state index contributed by atoms with van der Waals surface area (Å²) in [5.74, 6) is 0. The fourth-order valence-corrected chi connectivity index (χ4v) is 0. The first-order valence-electron chi connectivity index (χ1n) is 0. The van der Waals surface area contributed by atoms with E-state index in [1.54, 1.807) is 0 Å². The first kappa shape index (κ1) is 885. The second-order valence-corrected chi connectivity index (χ2v) is 0. The van der Waals surface area contributed by atoms with Crippen molar-refractivity contribution < 1.29 is 496 Å². The van der Waals surface area contributed by atoms with Gasteiger partial charge in [-0.2, -0.15) is 0 Å². The van der Waals surface area contributed by atoms with Crippen LogP contribution in [0.2, 0.25) is 0 Å². The van der Waals surface area contributed by atoms with Gasteiger partial charge in [-0.15, -0.1) is 0 Å². The minimum absolute atomic E-state index is 0. The molecule has 0 unspecified atom stereocenters. The van der Waals surface area contributed by atoms with E-state index in [0.29, 0.717) is 0 Å². The molecule has 0 aliphatic carbocycles. The summed E-state index contributed by atoms with van der Waals surface area (Å²) in [6.45, 7) is 0. The molecule has 0 amide bonds. The maximum atomic E-state index is 0. The Morgan fingerprint density at radius 3 is 0.0333 bits per heavy atom. The predicted octanol–water partition coefficient (Wildman–Crippen LogP) is -127. The van der Waals surface area contributed by atoms with Gasteiger partial charge in [0, 0.05) is 0 Å². The molecule has 0 aliphatic heterocycles. The SMILES string of the molecule is [Cl-].[Cl-].[Cl-].[Cl-].[Cl-].[Cl-].[Cl-].[Cl-].[Cl-].[Cl-].[Cl-].[Cl-].[Cl-].[Cl-].[Cl-].[Cl-].[Cl-].[Cl-].[Cl-].[Cl-].[Cl-].[Cl-].[Cl-].[Cl-].[Cl-].[Cl-].[Cl-].[Cl-].[Cl-].[Cl-].[Cl-].[Cl-].[Cl-].[Cl-].[Cl-].[Cl-].[Cl-].[Cl-].[Cl-].[Cl-].[Mg+2].[Mg+2].[Mg+2].[Mg+2].[Mg+2].[Mg+2].[Mg+2].[Mg+2].[Mg+2].[Mg+2].[Mg+2].[Mg+2].[Mg+2].[Mg+2].[Mg+2].[Mg+2].[Mg+2].[Mg+2].[Mg+2].[Mg+2]. The first-order chi connectivity index (χ1) is 0. The van der Waals surface area contributed by atoms with Gasteiger partial charge in [0.05, 0.1) is 0 Å². The monoisotopic (exact) mass is 1880 g/mol. The van der Waals surface area contributed by atoms with Crippen molar-refractivity contribution in [1.29, 1.82) is 0 Å². The summed E-state index contributed by atoms with van der Waals surface area (Å²) in [7, 11) is 0. The van der Waals surface area contributed by atoms with Crippen molar-refractivity contribution in [3.8, 4) is 0 Å². The van der Waals surface area contributed by atoms with E-state index in [-0.39, 0.29) is 957 Å². The summed E-state index contributed by atoms with van der Waals surface area (Å²) >= 11 is 0. The van der Waals surface area contributed by atoms with E-state index in [0.717, 1.165) is 0 Å². The van der Waals surface area contributed by atoms with Crippen molar-refractivity contribution in [3.63, 3.8) is 0 Å². The molecule has 0 saturated carbocycles. The molecule has 0 aromatic carbocycles. The van der Waals surface area contributed by atoms with Crippen LogP contribution >= 0.6 is 0 Å². The van der Waals surface area contributed by atoms with E-state index in [1.807, 2.05) is 0 Å². The second-order valence-electron chi connectivity index (χ2n) is 0. The zero-order valence-electron chi connectivity index (χ0n) is 29.3. The fourth-order valence-electron chi connectivity index (χ4n) is 0. The van der Waals surface area contributed by atoms with Crippen LogP contribution in [0.1, 0.15) is 0 Å². The Morgan fingerprint density at radius 1 is 0.0333 bits per heavy atom. The number of hydrogen-bond acceptors (Lipinski definition) is 0. The molecule has 0 N–H and O–H groups in total. The van der Waals surface area contributed by atoms with Crippen LogP contribution < -0.4 is 496 Å². The quantitative estimate of drug-likeness (QED) is 0.212. The number of hydrogen-bond donors (Lipinski definition) is 0. The molecule has 0 bridgehead atoms. The predicted molar refractivity (Wildman–Crippen MR) is 115 cm³/mol. The second kappa shape index (κ2) is 855. The summed E-state index contributed by atoms with van der Waals surface area (Å²) in [6.07, 6.45) is 0. The number of rotatable bonds is 0. The van der Waals surface area contributed by atoms with Gasteiger partial charge < -0.3 is 496 Å². The molecule has 0 rings (SSSR count). The van der Waals surface area contributed by atoms with Crippen molar-refractivity contribution in [2.24, 2.45) is 0 Å². The van der Waals surface area contributed by atoms with E-state index in [4.69, 9.17) is 0 Å². The van der Waals surface area contributed by atoms with Crippen LogP contribution in [-0.4, -0.2) is 461 Å². The van der Waals surface area contributed by atoms with E-state index in [2.05, 4.69) is 0 Å². The molecular formula is Cl40Mg20. The third kappa shape index (κ3) is 825. The van der Waals surface area contributed by atoms with Gasteiger partial charge in [0.1, 0.15) is 0 Å². The van der Waals surface area contributed by atoms with Crippen LogP contribution in [0.3, 0.4) is 0 Å². The summed E-state index contributed by atoms with van der Waals surface area (Å²) in [6, 6.07) is 0. The van der Waals surface area contributed by atoms with E-state index < -0.39 is 0 Å². The van der Waals surface area contributed by atoms with Gasteiger partial charge >= 0.3 is 461 Å². The molecule has 0 aliphatic rings. The average Bonchev–Trinajstić information content (AvgIpc) is 0. The van der Waals surface area contributed by atoms with Crippen LogP contribution in [0, 0.1) is 0 Å². The Bertz CT molecular complexity index is 55.1. The van der Waals surface area contributed by atoms with E-state index in [1.165, 1.54) is 0 Å². The zero-order chi connectivity index (χ0) is 0. The maximum Gasteiger partial charge on any atom is 2.00 e. The third-order valence-electron chi connectivity index (χ3n) is 0. The van der Waals surface area contributed by atoms with Crippen molar-refractivity contribution >= 4 is 461 Å². The summed E-state index contributed by atoms with van der Waals surface area (Å²) in [5, 5.41) is 0. The van der Waals surface area contributed by atoms with Gasteiger partial charge in [-0.1, -0.05) is 0 Å². The van der Waals surface area contributed by atoms with Crippen molar-refractivity contribution in [2.45, 2.75) is 0 Å². The zero-order valence-corrected chi connectivity index (χ0v) is 87.8. The normalized spacial score (nSPS) is 0. The van der Waals surface area contributed by atoms with Crippen molar-refractivity contribution in [3.05, 3.63) is 0 Å². The molecule has 0 radical (unpaired) electrons. The Kier molecular flexibility index (Phi) is 12600. The minimum Gasteiger partial charge on any atom is -1.00 e. The molecule has 0 fully saturated rings. The molecule has 60 heteroatoms. The maximum absolute atomic E-state index is 0. The smallest absolute Gasteiger partial charge is 1.00 e. The largest absolute Gasteiger partial charge is 2.00 e. The van der Waals surface area contributed by atoms with Crippen LogP contribution in [0.15, 0.2) is 0 Å². The Labute approximate surface area is 933 Å². The average molecular weight is 1900 g/mol. The van der Waals surface area contributed by atoms with Gasteiger partial charge in [0.2, 0.25) is 0 Å². The van der Waals surface area contributed by atoms with Crippen molar-refractivity contribution in [1.82, 2.24) is 0 Å². The van der Waals surface area contributed by atoms with Crippen LogP contribution in [0.4, 0.5) is 0 Å². The molecule has 320 valence electrons.